The zero-order valence-corrected chi connectivity index (χ0v) is 12.2. The molecule has 0 saturated heterocycles. The van der Waals surface area contributed by atoms with Gasteiger partial charge in [0.2, 0.25) is 0 Å². The monoisotopic (exact) mass is 294 g/mol. The van der Waals surface area contributed by atoms with E-state index in [0.717, 1.165) is 11.3 Å². The first-order valence-corrected chi connectivity index (χ1v) is 7.29. The Morgan fingerprint density at radius 3 is 2.73 bits per heavy atom. The second kappa shape index (κ2) is 6.87. The van der Waals surface area contributed by atoms with E-state index in [-0.39, 0.29) is 5.91 Å². The molecule has 0 bridgehead atoms. The van der Waals surface area contributed by atoms with Crippen LogP contribution in [0.25, 0.3) is 5.65 Å². The van der Waals surface area contributed by atoms with Crippen LogP contribution in [-0.4, -0.2) is 28.4 Å². The SMILES string of the molecule is O=C(NCCNCc1cnc2ccccn12)c1ccccc1. The Hall–Kier alpha value is -2.66. The molecule has 1 aromatic carbocycles. The van der Waals surface area contributed by atoms with Crippen LogP contribution >= 0.6 is 0 Å². The van der Waals surface area contributed by atoms with Crippen LogP contribution in [0, 0.1) is 0 Å². The number of amides is 1. The minimum Gasteiger partial charge on any atom is -0.351 e. The number of aromatic nitrogens is 2. The van der Waals surface area contributed by atoms with E-state index in [1.165, 1.54) is 0 Å². The Balaban J connectivity index is 1.43. The van der Waals surface area contributed by atoms with Gasteiger partial charge in [0.15, 0.2) is 0 Å². The van der Waals surface area contributed by atoms with Gasteiger partial charge in [-0.05, 0) is 24.3 Å². The summed E-state index contributed by atoms with van der Waals surface area (Å²) in [5.74, 6) is -0.0443. The van der Waals surface area contributed by atoms with Gasteiger partial charge in [0.05, 0.1) is 11.9 Å². The second-order valence-electron chi connectivity index (χ2n) is 4.98. The van der Waals surface area contributed by atoms with Crippen LogP contribution < -0.4 is 10.6 Å². The van der Waals surface area contributed by atoms with E-state index in [2.05, 4.69) is 20.0 Å². The Labute approximate surface area is 129 Å². The topological polar surface area (TPSA) is 58.4 Å². The number of fused-ring (bicyclic) bond motifs is 1. The molecule has 2 N–H and O–H groups in total. The summed E-state index contributed by atoms with van der Waals surface area (Å²) in [5.41, 5.74) is 2.73. The van der Waals surface area contributed by atoms with E-state index in [0.29, 0.717) is 25.2 Å². The molecule has 3 aromatic rings. The zero-order valence-electron chi connectivity index (χ0n) is 12.2. The smallest absolute Gasteiger partial charge is 0.251 e. The molecule has 0 saturated carbocycles. The van der Waals surface area contributed by atoms with Crippen molar-refractivity contribution in [3.63, 3.8) is 0 Å². The molecule has 5 nitrogen and oxygen atoms in total. The summed E-state index contributed by atoms with van der Waals surface area (Å²) in [6, 6.07) is 15.2. The minimum atomic E-state index is -0.0443. The lowest BCUT2D eigenvalue weighted by Crippen LogP contribution is -2.31. The first-order chi connectivity index (χ1) is 10.8. The van der Waals surface area contributed by atoms with E-state index in [4.69, 9.17) is 0 Å². The van der Waals surface area contributed by atoms with Crippen LogP contribution in [0.5, 0.6) is 0 Å². The summed E-state index contributed by atoms with van der Waals surface area (Å²) in [4.78, 5) is 16.2. The number of imidazole rings is 1. The molecular weight excluding hydrogens is 276 g/mol. The van der Waals surface area contributed by atoms with Crippen molar-refractivity contribution in [1.29, 1.82) is 0 Å². The number of rotatable bonds is 6. The summed E-state index contributed by atoms with van der Waals surface area (Å²) in [6.45, 7) is 2.01. The van der Waals surface area contributed by atoms with Crippen molar-refractivity contribution in [1.82, 2.24) is 20.0 Å². The molecule has 0 unspecified atom stereocenters. The number of hydrogen-bond donors (Lipinski definition) is 2. The first-order valence-electron chi connectivity index (χ1n) is 7.29. The van der Waals surface area contributed by atoms with E-state index in [1.54, 1.807) is 12.1 Å². The van der Waals surface area contributed by atoms with E-state index >= 15 is 0 Å². The molecule has 1 amide bonds. The molecule has 112 valence electrons. The molecule has 0 aliphatic heterocycles. The normalized spacial score (nSPS) is 10.7. The molecule has 2 heterocycles. The Kier molecular flexibility index (Phi) is 4.46. The molecule has 22 heavy (non-hydrogen) atoms. The lowest BCUT2D eigenvalue weighted by atomic mass is 10.2. The summed E-state index contributed by atoms with van der Waals surface area (Å²) in [6.07, 6.45) is 3.86. The van der Waals surface area contributed by atoms with Gasteiger partial charge in [-0.1, -0.05) is 24.3 Å². The molecule has 0 aliphatic rings. The highest BCUT2D eigenvalue weighted by Crippen LogP contribution is 2.05. The molecule has 5 heteroatoms. The Morgan fingerprint density at radius 1 is 1.05 bits per heavy atom. The standard InChI is InChI=1S/C17H18N4O/c22-17(14-6-2-1-3-7-14)19-10-9-18-12-15-13-20-16-8-4-5-11-21(15)16/h1-8,11,13,18H,9-10,12H2,(H,19,22). The Morgan fingerprint density at radius 2 is 1.86 bits per heavy atom. The molecular formula is C17H18N4O. The van der Waals surface area contributed by atoms with Gasteiger partial charge in [0.25, 0.3) is 5.91 Å². The predicted molar refractivity (Wildman–Crippen MR) is 85.7 cm³/mol. The summed E-state index contributed by atoms with van der Waals surface area (Å²) in [7, 11) is 0. The van der Waals surface area contributed by atoms with Crippen molar-refractivity contribution < 1.29 is 4.79 Å². The lowest BCUT2D eigenvalue weighted by Gasteiger charge is -2.07. The van der Waals surface area contributed by atoms with E-state index in [9.17, 15) is 4.79 Å². The number of pyridine rings is 1. The summed E-state index contributed by atoms with van der Waals surface area (Å²) in [5, 5.41) is 6.20. The number of nitrogens with one attached hydrogen (secondary N) is 2. The first kappa shape index (κ1) is 14.3. The molecule has 0 fully saturated rings. The largest absolute Gasteiger partial charge is 0.351 e. The number of nitrogens with zero attached hydrogens (tertiary/aromatic N) is 2. The average molecular weight is 294 g/mol. The molecule has 0 atom stereocenters. The number of carbonyl (C=O) groups is 1. The van der Waals surface area contributed by atoms with Crippen LogP contribution in [-0.2, 0) is 6.54 Å². The van der Waals surface area contributed by atoms with Crippen LogP contribution in [0.15, 0.2) is 60.9 Å². The number of carbonyl (C=O) groups excluding carboxylic acids is 1. The van der Waals surface area contributed by atoms with Crippen molar-refractivity contribution in [3.8, 4) is 0 Å². The third-order valence-corrected chi connectivity index (χ3v) is 3.42. The highest BCUT2D eigenvalue weighted by Gasteiger charge is 2.04. The van der Waals surface area contributed by atoms with Gasteiger partial charge < -0.3 is 15.0 Å². The molecule has 2 aromatic heterocycles. The minimum absolute atomic E-state index is 0.0443. The van der Waals surface area contributed by atoms with Gasteiger partial charge in [-0.3, -0.25) is 4.79 Å². The maximum absolute atomic E-state index is 11.9. The maximum Gasteiger partial charge on any atom is 0.251 e. The van der Waals surface area contributed by atoms with Crippen molar-refractivity contribution in [2.75, 3.05) is 13.1 Å². The average Bonchev–Trinajstić information content (AvgIpc) is 2.98. The maximum atomic E-state index is 11.9. The van der Waals surface area contributed by atoms with Gasteiger partial charge in [0, 0.05) is 31.4 Å². The van der Waals surface area contributed by atoms with Gasteiger partial charge >= 0.3 is 0 Å². The lowest BCUT2D eigenvalue weighted by molar-refractivity contribution is 0.0954. The fourth-order valence-electron chi connectivity index (χ4n) is 2.29. The summed E-state index contributed by atoms with van der Waals surface area (Å²) >= 11 is 0. The van der Waals surface area contributed by atoms with E-state index < -0.39 is 0 Å². The van der Waals surface area contributed by atoms with Crippen LogP contribution in [0.3, 0.4) is 0 Å². The quantitative estimate of drug-likeness (QED) is 0.682. The second-order valence-corrected chi connectivity index (χ2v) is 4.98. The number of hydrogen-bond acceptors (Lipinski definition) is 3. The van der Waals surface area contributed by atoms with Gasteiger partial charge in [-0.2, -0.15) is 0 Å². The highest BCUT2D eigenvalue weighted by atomic mass is 16.1. The fraction of sp³-hybridized carbons (Fsp3) is 0.176. The van der Waals surface area contributed by atoms with Crippen LogP contribution in [0.1, 0.15) is 16.1 Å². The van der Waals surface area contributed by atoms with Gasteiger partial charge in [-0.25, -0.2) is 4.98 Å². The predicted octanol–water partition coefficient (Wildman–Crippen LogP) is 1.85. The summed E-state index contributed by atoms with van der Waals surface area (Å²) < 4.78 is 2.05. The highest BCUT2D eigenvalue weighted by molar-refractivity contribution is 5.94. The number of benzene rings is 1. The third kappa shape index (κ3) is 3.32. The van der Waals surface area contributed by atoms with Gasteiger partial charge in [0.1, 0.15) is 5.65 Å². The molecule has 0 spiro atoms. The Bertz CT molecular complexity index is 751. The van der Waals surface area contributed by atoms with Crippen molar-refractivity contribution >= 4 is 11.6 Å². The van der Waals surface area contributed by atoms with Crippen molar-refractivity contribution in [2.24, 2.45) is 0 Å². The van der Waals surface area contributed by atoms with Crippen molar-refractivity contribution in [2.45, 2.75) is 6.54 Å². The van der Waals surface area contributed by atoms with Crippen LogP contribution in [0.2, 0.25) is 0 Å². The fourth-order valence-corrected chi connectivity index (χ4v) is 2.29. The molecule has 0 radical (unpaired) electrons. The molecule has 3 rings (SSSR count). The van der Waals surface area contributed by atoms with E-state index in [1.807, 2.05) is 48.8 Å². The van der Waals surface area contributed by atoms with Gasteiger partial charge in [-0.15, -0.1) is 0 Å². The van der Waals surface area contributed by atoms with Crippen LogP contribution in [0.4, 0.5) is 0 Å². The third-order valence-electron chi connectivity index (χ3n) is 3.42. The zero-order chi connectivity index (χ0) is 15.2. The van der Waals surface area contributed by atoms with Crippen molar-refractivity contribution in [3.05, 3.63) is 72.2 Å². The molecule has 0 aliphatic carbocycles.